The Bertz CT molecular complexity index is 193. The van der Waals surface area contributed by atoms with Crippen LogP contribution in [0.2, 0.25) is 0 Å². The highest BCUT2D eigenvalue weighted by Crippen LogP contribution is 2.29. The van der Waals surface area contributed by atoms with Gasteiger partial charge in [0.15, 0.2) is 0 Å². The third-order valence-electron chi connectivity index (χ3n) is 1.65. The van der Waals surface area contributed by atoms with Gasteiger partial charge in [0, 0.05) is 0 Å². The van der Waals surface area contributed by atoms with Crippen molar-refractivity contribution in [2.75, 3.05) is 0 Å². The molecule has 0 aromatic carbocycles. The minimum absolute atomic E-state index is 0.188. The molecule has 1 heterocycles. The molecule has 0 aromatic rings. The lowest BCUT2D eigenvalue weighted by atomic mass is 9.88. The van der Waals surface area contributed by atoms with Gasteiger partial charge in [0.05, 0.1) is 11.7 Å². The van der Waals surface area contributed by atoms with E-state index in [-0.39, 0.29) is 5.97 Å². The molecule has 1 unspecified atom stereocenters. The van der Waals surface area contributed by atoms with Crippen LogP contribution in [-0.4, -0.2) is 5.97 Å². The summed E-state index contributed by atoms with van der Waals surface area (Å²) in [4.78, 5) is 11.0. The number of ether oxygens (including phenoxy) is 1. The third kappa shape index (κ3) is 0.967. The van der Waals surface area contributed by atoms with Gasteiger partial charge in [-0.2, -0.15) is 0 Å². The monoisotopic (exact) mass is 138 g/mol. The fourth-order valence-electron chi connectivity index (χ4n) is 0.900. The molecule has 0 fully saturated rings. The Morgan fingerprint density at radius 1 is 1.90 bits per heavy atom. The molecule has 1 aliphatic heterocycles. The van der Waals surface area contributed by atoms with E-state index in [1.54, 1.807) is 12.2 Å². The molecule has 0 saturated heterocycles. The molecule has 0 amide bonds. The Balaban J connectivity index is 2.74. The normalized spacial score (nSPS) is 30.3. The summed E-state index contributed by atoms with van der Waals surface area (Å²) in [5.74, 6) is -0.188. The average molecular weight is 138 g/mol. The second-order valence-electron chi connectivity index (χ2n) is 2.62. The van der Waals surface area contributed by atoms with Crippen molar-refractivity contribution in [3.8, 4) is 0 Å². The maximum atomic E-state index is 11.0. The number of cyclic esters (lactones) is 1. The first-order valence-corrected chi connectivity index (χ1v) is 3.19. The number of allylic oxidation sites excluding steroid dienone is 1. The Kier molecular flexibility index (Phi) is 1.62. The van der Waals surface area contributed by atoms with E-state index in [9.17, 15) is 4.79 Å². The van der Waals surface area contributed by atoms with Crippen LogP contribution in [0.4, 0.5) is 0 Å². The van der Waals surface area contributed by atoms with Crippen LogP contribution in [-0.2, 0) is 9.53 Å². The van der Waals surface area contributed by atoms with E-state index in [2.05, 4.69) is 11.3 Å². The highest BCUT2D eigenvalue weighted by atomic mass is 16.5. The number of esters is 1. The fraction of sp³-hybridized carbons (Fsp3) is 0.375. The van der Waals surface area contributed by atoms with Crippen molar-refractivity contribution in [3.63, 3.8) is 0 Å². The second kappa shape index (κ2) is 2.29. The maximum Gasteiger partial charge on any atom is 0.320 e. The van der Waals surface area contributed by atoms with E-state index >= 15 is 0 Å². The first kappa shape index (κ1) is 7.06. The molecule has 2 heteroatoms. The molecule has 0 spiro atoms. The van der Waals surface area contributed by atoms with Crippen LogP contribution in [0.25, 0.3) is 0 Å². The van der Waals surface area contributed by atoms with Gasteiger partial charge >= 0.3 is 5.97 Å². The van der Waals surface area contributed by atoms with Crippen LogP contribution >= 0.6 is 0 Å². The van der Waals surface area contributed by atoms with Gasteiger partial charge in [-0.3, -0.25) is 4.79 Å². The lowest BCUT2D eigenvalue weighted by Crippen LogP contribution is -2.20. The van der Waals surface area contributed by atoms with E-state index < -0.39 is 5.41 Å². The fourth-order valence-corrected chi connectivity index (χ4v) is 0.900. The van der Waals surface area contributed by atoms with Gasteiger partial charge in [0.2, 0.25) is 0 Å². The summed E-state index contributed by atoms with van der Waals surface area (Å²) in [6.07, 6.45) is 5.56. The number of carbonyl (C=O) groups excluding carboxylic acids is 1. The van der Waals surface area contributed by atoms with E-state index in [1.165, 1.54) is 6.26 Å². The highest BCUT2D eigenvalue weighted by Gasteiger charge is 2.34. The molecule has 1 rings (SSSR count). The zero-order valence-corrected chi connectivity index (χ0v) is 5.96. The van der Waals surface area contributed by atoms with Crippen molar-refractivity contribution < 1.29 is 9.53 Å². The summed E-state index contributed by atoms with van der Waals surface area (Å²) >= 11 is 0. The Morgan fingerprint density at radius 3 is 3.00 bits per heavy atom. The van der Waals surface area contributed by atoms with Crippen molar-refractivity contribution in [3.05, 3.63) is 25.0 Å². The molecule has 1 aliphatic rings. The first-order valence-electron chi connectivity index (χ1n) is 3.19. The molecule has 0 bridgehead atoms. The zero-order valence-electron chi connectivity index (χ0n) is 5.96. The lowest BCUT2D eigenvalue weighted by molar-refractivity contribution is -0.143. The standard InChI is InChI=1S/C8H10O2/c1-3-4-8(2)5-6-10-7(8)9/h3,5-6H,1,4H2,2H3. The van der Waals surface area contributed by atoms with Crippen LogP contribution < -0.4 is 0 Å². The van der Waals surface area contributed by atoms with Crippen molar-refractivity contribution in [1.82, 2.24) is 0 Å². The van der Waals surface area contributed by atoms with Crippen molar-refractivity contribution in [2.45, 2.75) is 13.3 Å². The summed E-state index contributed by atoms with van der Waals surface area (Å²) in [7, 11) is 0. The molecule has 2 nitrogen and oxygen atoms in total. The maximum absolute atomic E-state index is 11.0. The quantitative estimate of drug-likeness (QED) is 0.428. The van der Waals surface area contributed by atoms with Crippen molar-refractivity contribution in [1.29, 1.82) is 0 Å². The van der Waals surface area contributed by atoms with Gasteiger partial charge in [0.25, 0.3) is 0 Å². The van der Waals surface area contributed by atoms with Crippen molar-refractivity contribution >= 4 is 5.97 Å². The smallest absolute Gasteiger partial charge is 0.320 e. The van der Waals surface area contributed by atoms with Gasteiger partial charge in [-0.25, -0.2) is 0 Å². The minimum atomic E-state index is -0.457. The zero-order chi connectivity index (χ0) is 7.61. The van der Waals surface area contributed by atoms with Crippen molar-refractivity contribution in [2.24, 2.45) is 5.41 Å². The largest absolute Gasteiger partial charge is 0.434 e. The third-order valence-corrected chi connectivity index (χ3v) is 1.65. The number of hydrogen-bond acceptors (Lipinski definition) is 2. The Morgan fingerprint density at radius 2 is 2.60 bits per heavy atom. The molecule has 0 N–H and O–H groups in total. The summed E-state index contributed by atoms with van der Waals surface area (Å²) in [5, 5.41) is 0. The van der Waals surface area contributed by atoms with E-state index in [1.807, 2.05) is 6.92 Å². The molecule has 0 aromatic heterocycles. The van der Waals surface area contributed by atoms with E-state index in [0.717, 1.165) is 0 Å². The molecule has 0 saturated carbocycles. The summed E-state index contributed by atoms with van der Waals surface area (Å²) in [5.41, 5.74) is -0.457. The van der Waals surface area contributed by atoms with Gasteiger partial charge in [-0.1, -0.05) is 6.08 Å². The Labute approximate surface area is 60.2 Å². The Hall–Kier alpha value is -1.05. The molecular formula is C8H10O2. The van der Waals surface area contributed by atoms with Crippen LogP contribution in [0.15, 0.2) is 25.0 Å². The summed E-state index contributed by atoms with van der Waals surface area (Å²) in [6, 6.07) is 0. The highest BCUT2D eigenvalue weighted by molar-refractivity contribution is 5.81. The van der Waals surface area contributed by atoms with Crippen LogP contribution in [0.1, 0.15) is 13.3 Å². The van der Waals surface area contributed by atoms with Gasteiger partial charge in [-0.15, -0.1) is 6.58 Å². The molecule has 1 atom stereocenters. The summed E-state index contributed by atoms with van der Waals surface area (Å²) < 4.78 is 4.65. The molecular weight excluding hydrogens is 128 g/mol. The number of hydrogen-bond donors (Lipinski definition) is 0. The van der Waals surface area contributed by atoms with Gasteiger partial charge < -0.3 is 4.74 Å². The molecule has 0 radical (unpaired) electrons. The molecule has 0 aliphatic carbocycles. The molecule has 54 valence electrons. The van der Waals surface area contributed by atoms with E-state index in [4.69, 9.17) is 0 Å². The lowest BCUT2D eigenvalue weighted by Gasteiger charge is -2.13. The number of carbonyl (C=O) groups is 1. The average Bonchev–Trinajstić information content (AvgIpc) is 2.15. The SMILES string of the molecule is C=CCC1(C)C=COC1=O. The topological polar surface area (TPSA) is 26.3 Å². The van der Waals surface area contributed by atoms with Crippen LogP contribution in [0.3, 0.4) is 0 Å². The van der Waals surface area contributed by atoms with Crippen LogP contribution in [0, 0.1) is 5.41 Å². The predicted octanol–water partition coefficient (Wildman–Crippen LogP) is 1.64. The molecule has 10 heavy (non-hydrogen) atoms. The van der Waals surface area contributed by atoms with Gasteiger partial charge in [0.1, 0.15) is 0 Å². The first-order chi connectivity index (χ1) is 4.69. The summed E-state index contributed by atoms with van der Waals surface area (Å²) in [6.45, 7) is 5.40. The van der Waals surface area contributed by atoms with Gasteiger partial charge in [-0.05, 0) is 19.4 Å². The predicted molar refractivity (Wildman–Crippen MR) is 38.2 cm³/mol. The van der Waals surface area contributed by atoms with Crippen LogP contribution in [0.5, 0.6) is 0 Å². The minimum Gasteiger partial charge on any atom is -0.434 e. The number of rotatable bonds is 2. The second-order valence-corrected chi connectivity index (χ2v) is 2.62. The van der Waals surface area contributed by atoms with E-state index in [0.29, 0.717) is 6.42 Å².